The second kappa shape index (κ2) is 5.40. The van der Waals surface area contributed by atoms with Gasteiger partial charge in [-0.3, -0.25) is 0 Å². The molecule has 0 aliphatic heterocycles. The maximum absolute atomic E-state index is 3.12. The van der Waals surface area contributed by atoms with Crippen LogP contribution in [0.2, 0.25) is 0 Å². The van der Waals surface area contributed by atoms with Crippen molar-refractivity contribution in [2.45, 2.75) is 0 Å². The minimum absolute atomic E-state index is 1.21. The van der Waals surface area contributed by atoms with Crippen LogP contribution in [-0.2, 0) is 0 Å². The van der Waals surface area contributed by atoms with Gasteiger partial charge in [0.25, 0.3) is 0 Å². The standard InChI is InChI=1S/C10H8.C8H7N/c1-2-6-10-8-4-3-7-9(10)5-1;1-2-4-8-7(3-1)5-6-9-8/h1-8H;1-6,9H. The van der Waals surface area contributed by atoms with Crippen LogP contribution in [-0.4, -0.2) is 4.98 Å². The van der Waals surface area contributed by atoms with Crippen molar-refractivity contribution >= 4 is 21.7 Å². The summed E-state index contributed by atoms with van der Waals surface area (Å²) in [6.45, 7) is 0. The molecule has 0 fully saturated rings. The van der Waals surface area contributed by atoms with Gasteiger partial charge in [-0.1, -0.05) is 66.7 Å². The lowest BCUT2D eigenvalue weighted by Crippen LogP contribution is -1.67. The van der Waals surface area contributed by atoms with E-state index in [2.05, 4.69) is 71.7 Å². The zero-order valence-electron chi connectivity index (χ0n) is 10.6. The quantitative estimate of drug-likeness (QED) is 0.448. The molecular weight excluding hydrogens is 230 g/mol. The zero-order chi connectivity index (χ0) is 12.9. The first-order valence-corrected chi connectivity index (χ1v) is 6.39. The summed E-state index contributed by atoms with van der Waals surface area (Å²) >= 11 is 0. The molecule has 1 nitrogen and oxygen atoms in total. The first kappa shape index (κ1) is 11.5. The Labute approximate surface area is 112 Å². The molecule has 0 atom stereocenters. The van der Waals surface area contributed by atoms with Crippen LogP contribution >= 0.6 is 0 Å². The van der Waals surface area contributed by atoms with E-state index >= 15 is 0 Å². The largest absolute Gasteiger partial charge is 0.361 e. The van der Waals surface area contributed by atoms with Crippen LogP contribution in [0, 0.1) is 0 Å². The number of nitrogens with one attached hydrogen (secondary N) is 1. The Hall–Kier alpha value is -2.54. The predicted molar refractivity (Wildman–Crippen MR) is 82.2 cm³/mol. The van der Waals surface area contributed by atoms with Crippen LogP contribution < -0.4 is 0 Å². The summed E-state index contributed by atoms with van der Waals surface area (Å²) in [6, 6.07) is 27.0. The third kappa shape index (κ3) is 2.66. The molecule has 19 heavy (non-hydrogen) atoms. The van der Waals surface area contributed by atoms with Crippen molar-refractivity contribution in [2.24, 2.45) is 0 Å². The van der Waals surface area contributed by atoms with Gasteiger partial charge >= 0.3 is 0 Å². The van der Waals surface area contributed by atoms with Crippen molar-refractivity contribution in [3.8, 4) is 0 Å². The lowest BCUT2D eigenvalue weighted by atomic mass is 10.1. The van der Waals surface area contributed by atoms with E-state index in [1.807, 2.05) is 18.3 Å². The Morgan fingerprint density at radius 2 is 0.947 bits per heavy atom. The van der Waals surface area contributed by atoms with Crippen LogP contribution in [0.1, 0.15) is 0 Å². The SMILES string of the molecule is c1ccc2[nH]ccc2c1.c1ccc2ccccc2c1. The van der Waals surface area contributed by atoms with Crippen molar-refractivity contribution in [2.75, 3.05) is 0 Å². The molecule has 1 heteroatoms. The predicted octanol–water partition coefficient (Wildman–Crippen LogP) is 5.01. The molecule has 0 unspecified atom stereocenters. The summed E-state index contributed by atoms with van der Waals surface area (Å²) < 4.78 is 0. The smallest absolute Gasteiger partial charge is 0.0453 e. The Kier molecular flexibility index (Phi) is 3.28. The number of fused-ring (bicyclic) bond motifs is 2. The topological polar surface area (TPSA) is 15.8 Å². The summed E-state index contributed by atoms with van der Waals surface area (Å²) in [7, 11) is 0. The molecule has 4 aromatic rings. The highest BCUT2D eigenvalue weighted by atomic mass is 14.6. The van der Waals surface area contributed by atoms with Gasteiger partial charge < -0.3 is 4.98 Å². The number of H-pyrrole nitrogens is 1. The Morgan fingerprint density at radius 3 is 1.47 bits per heavy atom. The Bertz CT molecular complexity index is 688. The highest BCUT2D eigenvalue weighted by molar-refractivity contribution is 5.82. The Morgan fingerprint density at radius 1 is 0.474 bits per heavy atom. The van der Waals surface area contributed by atoms with E-state index in [0.29, 0.717) is 0 Å². The molecule has 1 N–H and O–H groups in total. The summed E-state index contributed by atoms with van der Waals surface area (Å²) in [5.41, 5.74) is 1.21. The molecule has 92 valence electrons. The second-order valence-electron chi connectivity index (χ2n) is 4.41. The average molecular weight is 245 g/mol. The number of para-hydroxylation sites is 1. The highest BCUT2D eigenvalue weighted by Gasteiger charge is 1.87. The number of aromatic amines is 1. The van der Waals surface area contributed by atoms with Crippen molar-refractivity contribution in [1.29, 1.82) is 0 Å². The van der Waals surface area contributed by atoms with Crippen molar-refractivity contribution in [3.63, 3.8) is 0 Å². The molecule has 0 spiro atoms. The first-order chi connectivity index (χ1) is 9.43. The molecule has 0 bridgehead atoms. The van der Waals surface area contributed by atoms with Gasteiger partial charge in [-0.25, -0.2) is 0 Å². The third-order valence-electron chi connectivity index (χ3n) is 3.12. The minimum Gasteiger partial charge on any atom is -0.361 e. The van der Waals surface area contributed by atoms with E-state index in [0.717, 1.165) is 0 Å². The van der Waals surface area contributed by atoms with Crippen LogP contribution in [0.4, 0.5) is 0 Å². The number of hydrogen-bond donors (Lipinski definition) is 1. The van der Waals surface area contributed by atoms with Crippen molar-refractivity contribution in [1.82, 2.24) is 4.98 Å². The fourth-order valence-electron chi connectivity index (χ4n) is 2.13. The van der Waals surface area contributed by atoms with Gasteiger partial charge in [-0.05, 0) is 28.3 Å². The van der Waals surface area contributed by atoms with Crippen LogP contribution in [0.25, 0.3) is 21.7 Å². The van der Waals surface area contributed by atoms with Crippen molar-refractivity contribution in [3.05, 3.63) is 85.1 Å². The summed E-state index contributed by atoms with van der Waals surface area (Å²) in [5.74, 6) is 0. The van der Waals surface area contributed by atoms with E-state index in [1.165, 1.54) is 21.7 Å². The summed E-state index contributed by atoms with van der Waals surface area (Å²) in [5, 5.41) is 3.90. The molecule has 4 rings (SSSR count). The molecule has 0 aliphatic rings. The molecule has 0 amide bonds. The maximum Gasteiger partial charge on any atom is 0.0453 e. The molecule has 1 heterocycles. The monoisotopic (exact) mass is 245 g/mol. The molecule has 0 radical (unpaired) electrons. The highest BCUT2D eigenvalue weighted by Crippen LogP contribution is 2.11. The molecule has 0 saturated carbocycles. The van der Waals surface area contributed by atoms with Gasteiger partial charge in [0.05, 0.1) is 0 Å². The molecule has 3 aromatic carbocycles. The third-order valence-corrected chi connectivity index (χ3v) is 3.12. The van der Waals surface area contributed by atoms with Crippen molar-refractivity contribution < 1.29 is 0 Å². The van der Waals surface area contributed by atoms with E-state index in [9.17, 15) is 0 Å². The van der Waals surface area contributed by atoms with Gasteiger partial charge in [-0.2, -0.15) is 0 Å². The van der Waals surface area contributed by atoms with Crippen LogP contribution in [0.5, 0.6) is 0 Å². The van der Waals surface area contributed by atoms with Gasteiger partial charge in [-0.15, -0.1) is 0 Å². The minimum atomic E-state index is 1.21. The maximum atomic E-state index is 3.12. The lowest BCUT2D eigenvalue weighted by Gasteiger charge is -1.92. The normalized spacial score (nSPS) is 10.1. The van der Waals surface area contributed by atoms with Gasteiger partial charge in [0.15, 0.2) is 0 Å². The summed E-state index contributed by atoms with van der Waals surface area (Å²) in [6.07, 6.45) is 1.95. The van der Waals surface area contributed by atoms with E-state index in [-0.39, 0.29) is 0 Å². The Balaban J connectivity index is 0.000000117. The van der Waals surface area contributed by atoms with E-state index in [1.54, 1.807) is 0 Å². The van der Waals surface area contributed by atoms with Crippen LogP contribution in [0.15, 0.2) is 85.1 Å². The molecule has 0 saturated heterocycles. The number of benzene rings is 3. The average Bonchev–Trinajstić information content (AvgIpc) is 2.96. The lowest BCUT2D eigenvalue weighted by molar-refractivity contribution is 1.48. The van der Waals surface area contributed by atoms with Gasteiger partial charge in [0, 0.05) is 11.7 Å². The first-order valence-electron chi connectivity index (χ1n) is 6.39. The fraction of sp³-hybridized carbons (Fsp3) is 0. The molecule has 0 aliphatic carbocycles. The number of aromatic nitrogens is 1. The van der Waals surface area contributed by atoms with E-state index in [4.69, 9.17) is 0 Å². The molecule has 1 aromatic heterocycles. The molecular formula is C18H15N. The van der Waals surface area contributed by atoms with E-state index < -0.39 is 0 Å². The number of hydrogen-bond acceptors (Lipinski definition) is 0. The number of rotatable bonds is 0. The zero-order valence-corrected chi connectivity index (χ0v) is 10.6. The van der Waals surface area contributed by atoms with Gasteiger partial charge in [0.1, 0.15) is 0 Å². The van der Waals surface area contributed by atoms with Crippen LogP contribution in [0.3, 0.4) is 0 Å². The second-order valence-corrected chi connectivity index (χ2v) is 4.41. The fourth-order valence-corrected chi connectivity index (χ4v) is 2.13. The van der Waals surface area contributed by atoms with Gasteiger partial charge in [0.2, 0.25) is 0 Å². The summed E-state index contributed by atoms with van der Waals surface area (Å²) in [4.78, 5) is 3.12.